The van der Waals surface area contributed by atoms with Crippen LogP contribution in [0, 0.1) is 12.8 Å². The highest BCUT2D eigenvalue weighted by molar-refractivity contribution is 6.34. The van der Waals surface area contributed by atoms with Gasteiger partial charge in [-0.1, -0.05) is 17.7 Å². The van der Waals surface area contributed by atoms with Crippen LogP contribution in [0.2, 0.25) is 5.02 Å². The number of hydrogen-bond acceptors (Lipinski definition) is 4. The SMILES string of the molecule is Cc1[nH]nc(C(=O)Cc2cnc3[nH]c(C4=CCN(C(=O)C5CC5)CC4)cc3c2)c1Cl. The number of amides is 1. The Kier molecular flexibility index (Phi) is 4.70. The number of H-pyrrole nitrogens is 2. The zero-order chi connectivity index (χ0) is 20.8. The highest BCUT2D eigenvalue weighted by atomic mass is 35.5. The van der Waals surface area contributed by atoms with Gasteiger partial charge in [-0.15, -0.1) is 0 Å². The van der Waals surface area contributed by atoms with E-state index in [2.05, 4.69) is 32.3 Å². The Hall–Kier alpha value is -2.93. The second kappa shape index (κ2) is 7.40. The molecule has 1 aliphatic heterocycles. The summed E-state index contributed by atoms with van der Waals surface area (Å²) >= 11 is 6.14. The van der Waals surface area contributed by atoms with Crippen molar-refractivity contribution in [1.82, 2.24) is 25.1 Å². The lowest BCUT2D eigenvalue weighted by atomic mass is 10.0. The monoisotopic (exact) mass is 423 g/mol. The number of ketones is 1. The van der Waals surface area contributed by atoms with Crippen LogP contribution in [0.5, 0.6) is 0 Å². The van der Waals surface area contributed by atoms with Crippen LogP contribution in [0.3, 0.4) is 0 Å². The number of Topliss-reactive ketones (excluding diaryl/α,β-unsaturated/α-hetero) is 1. The van der Waals surface area contributed by atoms with E-state index < -0.39 is 0 Å². The van der Waals surface area contributed by atoms with Crippen LogP contribution in [0.25, 0.3) is 16.6 Å². The summed E-state index contributed by atoms with van der Waals surface area (Å²) in [4.78, 5) is 34.6. The molecule has 1 fully saturated rings. The molecule has 1 saturated carbocycles. The fraction of sp³-hybridized carbons (Fsp3) is 0.364. The third-order valence-corrected chi connectivity index (χ3v) is 6.28. The number of aryl methyl sites for hydroxylation is 1. The van der Waals surface area contributed by atoms with Crippen LogP contribution in [0.15, 0.2) is 24.4 Å². The summed E-state index contributed by atoms with van der Waals surface area (Å²) in [5, 5.41) is 8.07. The van der Waals surface area contributed by atoms with E-state index in [0.29, 0.717) is 23.2 Å². The summed E-state index contributed by atoms with van der Waals surface area (Å²) in [6, 6.07) is 4.03. The van der Waals surface area contributed by atoms with Gasteiger partial charge in [0.1, 0.15) is 11.3 Å². The maximum absolute atomic E-state index is 12.5. The zero-order valence-corrected chi connectivity index (χ0v) is 17.4. The number of aromatic amines is 2. The normalized spacial score (nSPS) is 16.7. The van der Waals surface area contributed by atoms with Crippen LogP contribution in [-0.2, 0) is 11.2 Å². The maximum Gasteiger partial charge on any atom is 0.225 e. The molecule has 1 aliphatic carbocycles. The summed E-state index contributed by atoms with van der Waals surface area (Å²) < 4.78 is 0. The number of fused-ring (bicyclic) bond motifs is 1. The van der Waals surface area contributed by atoms with Gasteiger partial charge in [0.2, 0.25) is 5.91 Å². The van der Waals surface area contributed by atoms with Crippen LogP contribution in [0.1, 0.15) is 46.7 Å². The van der Waals surface area contributed by atoms with Crippen molar-refractivity contribution in [3.05, 3.63) is 52.1 Å². The molecule has 2 aliphatic rings. The molecule has 0 saturated heterocycles. The predicted octanol–water partition coefficient (Wildman–Crippen LogP) is 3.70. The van der Waals surface area contributed by atoms with Crippen LogP contribution < -0.4 is 0 Å². The number of nitrogens with one attached hydrogen (secondary N) is 2. The van der Waals surface area contributed by atoms with E-state index in [9.17, 15) is 9.59 Å². The maximum atomic E-state index is 12.5. The molecule has 2 N–H and O–H groups in total. The predicted molar refractivity (Wildman–Crippen MR) is 114 cm³/mol. The number of halogens is 1. The number of pyridine rings is 1. The molecule has 1 amide bonds. The van der Waals surface area contributed by atoms with Gasteiger partial charge < -0.3 is 9.88 Å². The van der Waals surface area contributed by atoms with E-state index in [1.165, 1.54) is 5.57 Å². The molecule has 154 valence electrons. The van der Waals surface area contributed by atoms with Gasteiger partial charge in [-0.05, 0) is 49.5 Å². The molecular weight excluding hydrogens is 402 g/mol. The first-order chi connectivity index (χ1) is 14.5. The van der Waals surface area contributed by atoms with Crippen molar-refractivity contribution < 1.29 is 9.59 Å². The van der Waals surface area contributed by atoms with Crippen LogP contribution >= 0.6 is 11.6 Å². The number of carbonyl (C=O) groups excluding carboxylic acids is 2. The minimum Gasteiger partial charge on any atom is -0.339 e. The van der Waals surface area contributed by atoms with Gasteiger partial charge in [-0.25, -0.2) is 4.98 Å². The first-order valence-corrected chi connectivity index (χ1v) is 10.6. The first-order valence-electron chi connectivity index (χ1n) is 10.2. The topological polar surface area (TPSA) is 94.7 Å². The fourth-order valence-corrected chi connectivity index (χ4v) is 4.09. The molecule has 0 bridgehead atoms. The Balaban J connectivity index is 1.32. The average molecular weight is 424 g/mol. The summed E-state index contributed by atoms with van der Waals surface area (Å²) in [6.07, 6.45) is 6.93. The summed E-state index contributed by atoms with van der Waals surface area (Å²) in [7, 11) is 0. The summed E-state index contributed by atoms with van der Waals surface area (Å²) in [6.45, 7) is 3.20. The molecule has 30 heavy (non-hydrogen) atoms. The molecule has 3 aromatic heterocycles. The Morgan fingerprint density at radius 2 is 2.13 bits per heavy atom. The number of aromatic nitrogens is 4. The van der Waals surface area contributed by atoms with Crippen molar-refractivity contribution >= 4 is 39.9 Å². The molecule has 3 aromatic rings. The van der Waals surface area contributed by atoms with Gasteiger partial charge >= 0.3 is 0 Å². The van der Waals surface area contributed by atoms with E-state index in [4.69, 9.17) is 11.6 Å². The van der Waals surface area contributed by atoms with E-state index in [1.54, 1.807) is 13.1 Å². The van der Waals surface area contributed by atoms with Gasteiger partial charge in [-0.3, -0.25) is 14.7 Å². The lowest BCUT2D eigenvalue weighted by Crippen LogP contribution is -2.35. The summed E-state index contributed by atoms with van der Waals surface area (Å²) in [5.41, 5.74) is 4.76. The van der Waals surface area contributed by atoms with Crippen LogP contribution in [-0.4, -0.2) is 49.8 Å². The van der Waals surface area contributed by atoms with Gasteiger partial charge in [0, 0.05) is 42.7 Å². The van der Waals surface area contributed by atoms with Gasteiger partial charge in [0.15, 0.2) is 5.78 Å². The molecule has 7 nitrogen and oxygen atoms in total. The fourth-order valence-electron chi connectivity index (χ4n) is 3.90. The highest BCUT2D eigenvalue weighted by Gasteiger charge is 2.33. The average Bonchev–Trinajstić information content (AvgIpc) is 3.43. The Morgan fingerprint density at radius 3 is 2.80 bits per heavy atom. The van der Waals surface area contributed by atoms with E-state index in [1.807, 2.05) is 11.0 Å². The molecule has 0 radical (unpaired) electrons. The molecule has 8 heteroatoms. The van der Waals surface area contributed by atoms with Gasteiger partial charge in [0.05, 0.1) is 10.7 Å². The number of carbonyl (C=O) groups is 2. The van der Waals surface area contributed by atoms with Crippen molar-refractivity contribution in [3.8, 4) is 0 Å². The third-order valence-electron chi connectivity index (χ3n) is 5.82. The van der Waals surface area contributed by atoms with Crippen molar-refractivity contribution in [2.75, 3.05) is 13.1 Å². The number of rotatable bonds is 5. The molecule has 0 unspecified atom stereocenters. The van der Waals surface area contributed by atoms with E-state index in [-0.39, 0.29) is 23.8 Å². The number of hydrogen-bond donors (Lipinski definition) is 2. The second-order valence-electron chi connectivity index (χ2n) is 8.11. The van der Waals surface area contributed by atoms with Crippen molar-refractivity contribution in [1.29, 1.82) is 0 Å². The summed E-state index contributed by atoms with van der Waals surface area (Å²) in [5.74, 6) is 0.417. The molecule has 4 heterocycles. The zero-order valence-electron chi connectivity index (χ0n) is 16.7. The van der Waals surface area contributed by atoms with E-state index >= 15 is 0 Å². The molecule has 0 aromatic carbocycles. The van der Waals surface area contributed by atoms with Crippen molar-refractivity contribution in [2.45, 2.75) is 32.6 Å². The van der Waals surface area contributed by atoms with Crippen molar-refractivity contribution in [2.24, 2.45) is 5.92 Å². The second-order valence-corrected chi connectivity index (χ2v) is 8.49. The molecule has 5 rings (SSSR count). The minimum absolute atomic E-state index is 0.142. The highest BCUT2D eigenvalue weighted by Crippen LogP contribution is 2.33. The Morgan fingerprint density at radius 1 is 1.30 bits per heavy atom. The quantitative estimate of drug-likeness (QED) is 0.612. The third kappa shape index (κ3) is 3.54. The standard InChI is InChI=1S/C22H22ClN5O2/c1-12-19(23)20(27-26-12)18(29)9-13-8-16-10-17(25-21(16)24-11-13)14-4-6-28(7-5-14)22(30)15-2-3-15/h4,8,10-11,15H,2-3,5-7,9H2,1H3,(H,24,25)(H,26,27). The molecule has 0 atom stereocenters. The van der Waals surface area contributed by atoms with Gasteiger partial charge in [-0.2, -0.15) is 5.10 Å². The Bertz CT molecular complexity index is 1190. The first kappa shape index (κ1) is 19.1. The van der Waals surface area contributed by atoms with Crippen LogP contribution in [0.4, 0.5) is 0 Å². The molecular formula is C22H22ClN5O2. The Labute approximate surface area is 178 Å². The number of nitrogens with zero attached hydrogens (tertiary/aromatic N) is 3. The lowest BCUT2D eigenvalue weighted by molar-refractivity contribution is -0.132. The smallest absolute Gasteiger partial charge is 0.225 e. The van der Waals surface area contributed by atoms with Crippen molar-refractivity contribution in [3.63, 3.8) is 0 Å². The lowest BCUT2D eigenvalue weighted by Gasteiger charge is -2.26. The van der Waals surface area contributed by atoms with Gasteiger partial charge in [0.25, 0.3) is 0 Å². The minimum atomic E-state index is -0.142. The largest absolute Gasteiger partial charge is 0.339 e. The molecule has 0 spiro atoms. The van der Waals surface area contributed by atoms with E-state index in [0.717, 1.165) is 48.1 Å².